The molecule has 0 fully saturated rings. The van der Waals surface area contributed by atoms with Gasteiger partial charge in [0.2, 0.25) is 11.9 Å². The Kier molecular flexibility index (Phi) is 15.9. The van der Waals surface area contributed by atoms with Crippen LogP contribution in [-0.2, 0) is 22.9 Å². The summed E-state index contributed by atoms with van der Waals surface area (Å²) in [5.74, 6) is 2.49. The average molecular weight is 835 g/mol. The van der Waals surface area contributed by atoms with Gasteiger partial charge in [-0.25, -0.2) is 12.4 Å². The van der Waals surface area contributed by atoms with E-state index in [1.54, 1.807) is 43.6 Å². The average Bonchev–Trinajstić information content (AvgIpc) is 4.03. The summed E-state index contributed by atoms with van der Waals surface area (Å²) in [7, 11) is 0.516. The molecule has 9 rings (SSSR count). The predicted octanol–water partition coefficient (Wildman–Crippen LogP) is 3.42. The molecular formula is C40H47N10NaO3S3. The van der Waals surface area contributed by atoms with Crippen molar-refractivity contribution in [3.05, 3.63) is 125 Å². The second-order valence-corrected chi connectivity index (χ2v) is 14.9. The van der Waals surface area contributed by atoms with Crippen molar-refractivity contribution in [2.24, 2.45) is 0 Å². The second-order valence-electron chi connectivity index (χ2n) is 13.1. The number of nitrogens with zero attached hydrogens (tertiary/aromatic N) is 5. The molecule has 57 heavy (non-hydrogen) atoms. The number of fused-ring (bicyclic) bond motifs is 4. The maximum atomic E-state index is 13.3. The molecule has 4 heterocycles. The molecule has 3 aromatic carbocycles. The summed E-state index contributed by atoms with van der Waals surface area (Å²) in [6.45, 7) is 1.92. The molecule has 0 aliphatic heterocycles. The zero-order chi connectivity index (χ0) is 37.8. The van der Waals surface area contributed by atoms with Gasteiger partial charge < -0.3 is 31.4 Å². The first-order chi connectivity index (χ1) is 26.3. The number of anilines is 4. The topological polar surface area (TPSA) is 178 Å². The van der Waals surface area contributed by atoms with Gasteiger partial charge in [-0.3, -0.25) is 0 Å². The van der Waals surface area contributed by atoms with Crippen LogP contribution in [0.25, 0.3) is 22.1 Å². The minimum atomic E-state index is -3.79. The Morgan fingerprint density at radius 2 is 1.23 bits per heavy atom. The van der Waals surface area contributed by atoms with Gasteiger partial charge in [0.05, 0.1) is 27.8 Å². The molecule has 0 bridgehead atoms. The van der Waals surface area contributed by atoms with E-state index in [4.69, 9.17) is 5.11 Å². The molecule has 0 saturated heterocycles. The molecule has 0 amide bonds. The van der Waals surface area contributed by atoms with Gasteiger partial charge in [0.1, 0.15) is 17.3 Å². The summed E-state index contributed by atoms with van der Waals surface area (Å²) in [6, 6.07) is 28.0. The van der Waals surface area contributed by atoms with Crippen molar-refractivity contribution in [2.45, 2.75) is 49.6 Å². The van der Waals surface area contributed by atoms with Gasteiger partial charge in [0.15, 0.2) is 5.65 Å². The largest absolute Gasteiger partial charge is 1.00 e. The van der Waals surface area contributed by atoms with Crippen molar-refractivity contribution in [3.8, 4) is 0 Å². The number of hydrogen-bond donors (Lipinski definition) is 5. The molecule has 0 radical (unpaired) electrons. The molecule has 0 unspecified atom stereocenters. The maximum Gasteiger partial charge on any atom is 1.00 e. The smallest absolute Gasteiger partial charge is 0.857 e. The van der Waals surface area contributed by atoms with E-state index in [1.807, 2.05) is 32.3 Å². The van der Waals surface area contributed by atoms with E-state index in [0.29, 0.717) is 34.8 Å². The van der Waals surface area contributed by atoms with Crippen LogP contribution in [0, 0.1) is 6.92 Å². The standard InChI is InChI=1S/C23H23N5O2S.C16H17N5.CH3O.Na.2H2S/c1-15-7-10-17(11-8-15)31(29,30)28-14-13-19-21(26-23(24-2)27-22(19)28)25-20-12-9-16-5-3-4-6-18(16)20;1-17-16-20-14-12(8-9-18-14)15(21-16)19-13-7-6-10-4-2-3-5-11(10)13;1-2;;;/h3-8,10-11,13-14,20H,9,12H2,1-2H3,(H2,24,25,26,27);2-5,8-9,13H,6-7H2,1H3,(H3,17,18,19,20,21);1H3;;2*1H2/q;;-1;+1;;/t20-;13-;;;;/m00..../s1. The SMILES string of the molecule is CNc1nc(N[C@H]2CCc3ccccc32)c2cc[nH]c2n1.CNc1nc(N[C@H]2CCc3ccccc32)c2ccn(S(=O)(=O)c3ccc(C)cc3)c2n1.C[O-].S.S.[Na+]. The van der Waals surface area contributed by atoms with Gasteiger partial charge in [-0.15, -0.1) is 0 Å². The number of H-pyrrole nitrogens is 1. The fourth-order valence-electron chi connectivity index (χ4n) is 7.14. The Hall–Kier alpha value is -4.29. The van der Waals surface area contributed by atoms with Gasteiger partial charge >= 0.3 is 29.6 Å². The second kappa shape index (κ2) is 19.9. The van der Waals surface area contributed by atoms with Crippen LogP contribution in [0.5, 0.6) is 0 Å². The van der Waals surface area contributed by atoms with Crippen LogP contribution in [0.4, 0.5) is 23.5 Å². The summed E-state index contributed by atoms with van der Waals surface area (Å²) in [5.41, 5.74) is 7.59. The fourth-order valence-corrected chi connectivity index (χ4v) is 8.43. The summed E-state index contributed by atoms with van der Waals surface area (Å²) < 4.78 is 27.8. The Labute approximate surface area is 369 Å². The van der Waals surface area contributed by atoms with E-state index < -0.39 is 10.0 Å². The molecule has 294 valence electrons. The molecule has 0 saturated carbocycles. The third-order valence-corrected chi connectivity index (χ3v) is 11.5. The van der Waals surface area contributed by atoms with E-state index in [9.17, 15) is 8.42 Å². The maximum absolute atomic E-state index is 13.3. The van der Waals surface area contributed by atoms with Crippen molar-refractivity contribution < 1.29 is 43.1 Å². The quantitative estimate of drug-likeness (QED) is 0.142. The van der Waals surface area contributed by atoms with E-state index in [-0.39, 0.29) is 67.5 Å². The molecule has 5 N–H and O–H groups in total. The van der Waals surface area contributed by atoms with Crippen molar-refractivity contribution in [3.63, 3.8) is 0 Å². The zero-order valence-corrected chi connectivity index (χ0v) is 37.4. The first-order valence-corrected chi connectivity index (χ1v) is 19.3. The summed E-state index contributed by atoms with van der Waals surface area (Å²) >= 11 is 0. The monoisotopic (exact) mass is 834 g/mol. The molecule has 4 aromatic heterocycles. The van der Waals surface area contributed by atoms with Crippen LogP contribution in [-0.4, -0.2) is 58.5 Å². The molecule has 7 aromatic rings. The molecule has 17 heteroatoms. The molecule has 2 aliphatic carbocycles. The van der Waals surface area contributed by atoms with Crippen molar-refractivity contribution in [1.82, 2.24) is 28.9 Å². The van der Waals surface area contributed by atoms with Gasteiger partial charge in [0, 0.05) is 26.5 Å². The molecular weight excluding hydrogens is 788 g/mol. The Morgan fingerprint density at radius 3 is 1.79 bits per heavy atom. The van der Waals surface area contributed by atoms with Crippen LogP contribution >= 0.6 is 27.0 Å². The minimum Gasteiger partial charge on any atom is -0.857 e. The zero-order valence-electron chi connectivity index (χ0n) is 32.6. The summed E-state index contributed by atoms with van der Waals surface area (Å²) in [6.07, 6.45) is 7.62. The fraction of sp³-hybridized carbons (Fsp3) is 0.250. The van der Waals surface area contributed by atoms with Crippen molar-refractivity contribution in [2.75, 3.05) is 42.5 Å². The first-order valence-electron chi connectivity index (χ1n) is 17.8. The molecule has 2 aliphatic rings. The Bertz CT molecular complexity index is 2530. The van der Waals surface area contributed by atoms with Crippen LogP contribution in [0.15, 0.2) is 102 Å². The number of rotatable bonds is 8. The van der Waals surface area contributed by atoms with E-state index in [1.165, 1.54) is 26.2 Å². The van der Waals surface area contributed by atoms with Gasteiger partial charge in [-0.1, -0.05) is 66.2 Å². The number of hydrogen-bond acceptors (Lipinski definition) is 11. The normalized spacial score (nSPS) is 14.9. The minimum absolute atomic E-state index is 0. The van der Waals surface area contributed by atoms with E-state index in [0.717, 1.165) is 55.2 Å². The number of nitrogens with one attached hydrogen (secondary N) is 5. The van der Waals surface area contributed by atoms with Crippen molar-refractivity contribution in [1.29, 1.82) is 0 Å². The van der Waals surface area contributed by atoms with Crippen LogP contribution in [0.1, 0.15) is 52.7 Å². The predicted molar refractivity (Wildman–Crippen MR) is 233 cm³/mol. The Morgan fingerprint density at radius 1 is 0.702 bits per heavy atom. The van der Waals surface area contributed by atoms with Crippen LogP contribution in [0.3, 0.4) is 0 Å². The van der Waals surface area contributed by atoms with Crippen molar-refractivity contribution >= 4 is 82.6 Å². The number of aryl methyl sites for hydroxylation is 3. The number of benzene rings is 3. The van der Waals surface area contributed by atoms with Gasteiger partial charge in [-0.2, -0.15) is 54.0 Å². The number of aromatic amines is 1. The summed E-state index contributed by atoms with van der Waals surface area (Å²) in [5, 5.41) is 23.0. The Balaban J connectivity index is 0.000000244. The first kappa shape index (κ1) is 45.4. The van der Waals surface area contributed by atoms with Crippen LogP contribution in [0.2, 0.25) is 0 Å². The number of aromatic nitrogens is 6. The molecule has 0 spiro atoms. The summed E-state index contributed by atoms with van der Waals surface area (Å²) in [4.78, 5) is 21.4. The van der Waals surface area contributed by atoms with Gasteiger partial charge in [0.25, 0.3) is 10.0 Å². The van der Waals surface area contributed by atoms with E-state index in [2.05, 4.69) is 88.7 Å². The third-order valence-electron chi connectivity index (χ3n) is 9.84. The van der Waals surface area contributed by atoms with Gasteiger partial charge in [-0.05, 0) is 79.1 Å². The molecule has 2 atom stereocenters. The van der Waals surface area contributed by atoms with Crippen LogP contribution < -0.4 is 55.9 Å². The van der Waals surface area contributed by atoms with E-state index >= 15 is 0 Å². The third kappa shape index (κ3) is 9.38. The molecule has 13 nitrogen and oxygen atoms in total.